The Morgan fingerprint density at radius 1 is 1.03 bits per heavy atom. The molecule has 1 amide bonds. The Balaban J connectivity index is 1.24. The molecule has 2 N–H and O–H groups in total. The molecular weight excluding hydrogens is 904 g/mol. The van der Waals surface area contributed by atoms with Crippen LogP contribution < -0.4 is 20.5 Å². The van der Waals surface area contributed by atoms with Crippen molar-refractivity contribution >= 4 is 70.7 Å². The minimum atomic E-state index is -3.93. The van der Waals surface area contributed by atoms with Crippen LogP contribution in [0.4, 0.5) is 37.8 Å². The number of aromatic nitrogens is 6. The molecule has 3 aromatic heterocycles. The third kappa shape index (κ3) is 7.66. The summed E-state index contributed by atoms with van der Waals surface area (Å²) < 4.78 is 143. The van der Waals surface area contributed by atoms with Crippen LogP contribution in [0.5, 0.6) is 0 Å². The fourth-order valence-electron chi connectivity index (χ4n) is 8.74. The molecule has 1 saturated carbocycles. The molecule has 1 saturated heterocycles. The van der Waals surface area contributed by atoms with Crippen LogP contribution in [0.1, 0.15) is 53.1 Å². The maximum atomic E-state index is 15.5. The first kappa shape index (κ1) is 42.6. The number of carbonyl (C=O) groups excluding carboxylic acids is 1. The summed E-state index contributed by atoms with van der Waals surface area (Å²) in [5.74, 6) is -9.49. The van der Waals surface area contributed by atoms with Gasteiger partial charge in [-0.3, -0.25) is 28.2 Å². The van der Waals surface area contributed by atoms with E-state index in [0.29, 0.717) is 16.4 Å². The highest BCUT2D eigenvalue weighted by molar-refractivity contribution is 7.92. The molecule has 0 radical (unpaired) electrons. The second-order valence-corrected chi connectivity index (χ2v) is 20.3. The van der Waals surface area contributed by atoms with Crippen LogP contribution in [0.15, 0.2) is 53.3 Å². The molecule has 63 heavy (non-hydrogen) atoms. The zero-order valence-corrected chi connectivity index (χ0v) is 35.3. The molecule has 1 aliphatic heterocycles. The van der Waals surface area contributed by atoms with E-state index in [0.717, 1.165) is 23.0 Å². The van der Waals surface area contributed by atoms with Gasteiger partial charge in [0.1, 0.15) is 35.4 Å². The van der Waals surface area contributed by atoms with Crippen molar-refractivity contribution in [3.05, 3.63) is 104 Å². The topological polar surface area (TPSA) is 183 Å². The van der Waals surface area contributed by atoms with E-state index in [4.69, 9.17) is 16.6 Å². The number of sulfonamides is 1. The van der Waals surface area contributed by atoms with E-state index < -0.39 is 97.5 Å². The maximum Gasteiger partial charge on any atom is 0.293 e. The fraction of sp³-hybridized carbons (Fsp3) is 0.359. The van der Waals surface area contributed by atoms with E-state index >= 15 is 8.78 Å². The van der Waals surface area contributed by atoms with Gasteiger partial charge in [0.05, 0.1) is 56.3 Å². The van der Waals surface area contributed by atoms with Gasteiger partial charge in [0.25, 0.3) is 17.9 Å². The van der Waals surface area contributed by atoms with Crippen LogP contribution in [0.2, 0.25) is 5.02 Å². The Bertz CT molecular complexity index is 3180. The van der Waals surface area contributed by atoms with E-state index in [-0.39, 0.29) is 86.3 Å². The molecule has 0 unspecified atom stereocenters. The Morgan fingerprint density at radius 2 is 1.73 bits per heavy atom. The van der Waals surface area contributed by atoms with Crippen molar-refractivity contribution in [3.63, 3.8) is 0 Å². The molecule has 3 aromatic carbocycles. The Hall–Kier alpha value is -5.68. The lowest BCUT2D eigenvalue weighted by Gasteiger charge is -2.29. The Labute approximate surface area is 358 Å². The van der Waals surface area contributed by atoms with Gasteiger partial charge in [-0.1, -0.05) is 11.6 Å². The van der Waals surface area contributed by atoms with Crippen molar-refractivity contribution in [2.24, 2.45) is 13.0 Å². The summed E-state index contributed by atoms with van der Waals surface area (Å²) in [6, 6.07) is 8.27. The van der Waals surface area contributed by atoms with Gasteiger partial charge in [-0.2, -0.15) is 19.0 Å². The van der Waals surface area contributed by atoms with E-state index in [9.17, 15) is 44.0 Å². The lowest BCUT2D eigenvalue weighted by molar-refractivity contribution is -0.123. The van der Waals surface area contributed by atoms with E-state index in [1.165, 1.54) is 36.0 Å². The Kier molecular flexibility index (Phi) is 10.1. The number of benzene rings is 3. The molecule has 0 spiro atoms. The number of rotatable bonds is 11. The highest BCUT2D eigenvalue weighted by atomic mass is 35.5. The lowest BCUT2D eigenvalue weighted by Crippen LogP contribution is -2.40. The van der Waals surface area contributed by atoms with Gasteiger partial charge in [0.2, 0.25) is 15.9 Å². The molecule has 6 aromatic rings. The number of hydrogen-bond donors (Lipinski definition) is 2. The van der Waals surface area contributed by atoms with Crippen LogP contribution in [0, 0.1) is 17.6 Å². The lowest BCUT2D eigenvalue weighted by atomic mass is 10.0. The number of halogens is 7. The van der Waals surface area contributed by atoms with Crippen molar-refractivity contribution in [3.8, 4) is 5.69 Å². The average molecular weight is 938 g/mol. The van der Waals surface area contributed by atoms with Gasteiger partial charge in [-0.25, -0.2) is 39.4 Å². The maximum absolute atomic E-state index is 15.5. The van der Waals surface area contributed by atoms with Gasteiger partial charge >= 0.3 is 0 Å². The molecule has 3 aliphatic rings. The molecular formula is C39H34ClF6N9O6S2. The predicted octanol–water partition coefficient (Wildman–Crippen LogP) is 5.25. The molecule has 24 heteroatoms. The van der Waals surface area contributed by atoms with Crippen molar-refractivity contribution in [1.29, 1.82) is 0 Å². The van der Waals surface area contributed by atoms with E-state index in [2.05, 4.69) is 20.2 Å². The smallest absolute Gasteiger partial charge is 0.293 e. The van der Waals surface area contributed by atoms with Crippen molar-refractivity contribution in [2.45, 2.75) is 43.7 Å². The summed E-state index contributed by atoms with van der Waals surface area (Å²) in [5.41, 5.74) is -2.24. The zero-order valence-electron chi connectivity index (χ0n) is 32.9. The van der Waals surface area contributed by atoms with Gasteiger partial charge < -0.3 is 10.2 Å². The summed E-state index contributed by atoms with van der Waals surface area (Å²) in [6.45, 7) is -0.759. The molecule has 2 aliphatic carbocycles. The number of anilines is 2. The van der Waals surface area contributed by atoms with Crippen LogP contribution in [0.25, 0.3) is 27.5 Å². The monoisotopic (exact) mass is 937 g/mol. The molecule has 0 bridgehead atoms. The number of aryl methyl sites for hydroxylation is 1. The SMILES string of the molecule is Cn1nc(NS(C)(=O)=O)c2c(Cl)ccc(-n3c([C@H](Cc4cc(F)cc(F)c4)NC(=O)Cn4nc(C(F)F)c5c4C(F)(F)[C@@H]4C[C@H]54)nc4cc(N5CCS(=O)(=O)CC5)ccc4c3=O)c21. The molecule has 2 fully saturated rings. The normalized spacial score (nSPS) is 19.4. The number of fused-ring (bicyclic) bond motifs is 5. The number of carbonyl (C=O) groups is 1. The van der Waals surface area contributed by atoms with Crippen molar-refractivity contribution in [2.75, 3.05) is 40.5 Å². The van der Waals surface area contributed by atoms with Crippen molar-refractivity contribution < 1.29 is 48.0 Å². The number of amides is 1. The second kappa shape index (κ2) is 15.0. The van der Waals surface area contributed by atoms with Crippen LogP contribution in [-0.4, -0.2) is 82.7 Å². The minimum absolute atomic E-state index is 0.00110. The Morgan fingerprint density at radius 3 is 2.40 bits per heavy atom. The average Bonchev–Trinajstić information content (AvgIpc) is 3.72. The first-order chi connectivity index (χ1) is 29.6. The molecule has 15 nitrogen and oxygen atoms in total. The summed E-state index contributed by atoms with van der Waals surface area (Å²) >= 11 is 6.62. The van der Waals surface area contributed by atoms with Crippen LogP contribution in [0.3, 0.4) is 0 Å². The molecule has 4 heterocycles. The third-order valence-corrected chi connectivity index (χ3v) is 14.0. The summed E-state index contributed by atoms with van der Waals surface area (Å²) in [6.07, 6.45) is -2.85. The molecule has 9 rings (SSSR count). The molecule has 3 atom stereocenters. The number of sulfone groups is 1. The van der Waals surface area contributed by atoms with Gasteiger partial charge in [-0.15, -0.1) is 0 Å². The fourth-order valence-corrected chi connectivity index (χ4v) is 10.7. The summed E-state index contributed by atoms with van der Waals surface area (Å²) in [5, 5.41) is 10.7. The standard InChI is InChI=1S/C39H34ClF6N9O6S2/c1-52-33-28(6-5-25(40)31(33)36(50-52)51-62(2,58)59)55-37(48-26-15-21(3-4-22(26)38(55)57)53-7-9-63(60,61)10-8-53)27(13-18-11-19(41)14-20(42)12-18)47-29(56)17-54-34-30(32(49-54)35(43)44)23-16-24(23)39(34,45)46/h3-6,11-12,14-15,23-24,27,35H,7-10,13,16-17H2,1-2H3,(H,47,56)(H,50,51)/t23-,24+,27-/m0/s1. The zero-order chi connectivity index (χ0) is 45.1. The van der Waals surface area contributed by atoms with Gasteiger partial charge in [0, 0.05) is 49.8 Å². The first-order valence-electron chi connectivity index (χ1n) is 19.3. The third-order valence-electron chi connectivity index (χ3n) is 11.5. The molecule has 332 valence electrons. The van der Waals surface area contributed by atoms with Crippen LogP contribution >= 0.6 is 11.6 Å². The number of nitrogens with zero attached hydrogens (tertiary/aromatic N) is 7. The number of alkyl halides is 4. The van der Waals surface area contributed by atoms with E-state index in [1.807, 2.05) is 0 Å². The highest BCUT2D eigenvalue weighted by Gasteiger charge is 2.67. The quantitative estimate of drug-likeness (QED) is 0.163. The van der Waals surface area contributed by atoms with Crippen molar-refractivity contribution in [1.82, 2.24) is 34.4 Å². The van der Waals surface area contributed by atoms with Gasteiger partial charge in [-0.05, 0) is 60.4 Å². The van der Waals surface area contributed by atoms with Crippen LogP contribution in [-0.2, 0) is 50.6 Å². The second-order valence-electron chi connectivity index (χ2n) is 15.9. The van der Waals surface area contributed by atoms with E-state index in [1.54, 1.807) is 11.0 Å². The predicted molar refractivity (Wildman–Crippen MR) is 219 cm³/mol. The summed E-state index contributed by atoms with van der Waals surface area (Å²) in [4.78, 5) is 35.8. The minimum Gasteiger partial charge on any atom is -0.369 e. The summed E-state index contributed by atoms with van der Waals surface area (Å²) in [7, 11) is -5.78. The largest absolute Gasteiger partial charge is 0.369 e. The number of hydrogen-bond acceptors (Lipinski definition) is 10. The number of nitrogens with one attached hydrogen (secondary N) is 2. The van der Waals surface area contributed by atoms with Gasteiger partial charge in [0.15, 0.2) is 15.7 Å². The highest BCUT2D eigenvalue weighted by Crippen LogP contribution is 2.68. The first-order valence-corrected chi connectivity index (χ1v) is 23.4.